The summed E-state index contributed by atoms with van der Waals surface area (Å²) in [6.07, 6.45) is 6.16. The van der Waals surface area contributed by atoms with Crippen LogP contribution in [0, 0.1) is 17.4 Å². The summed E-state index contributed by atoms with van der Waals surface area (Å²) < 4.78 is 25.7. The molecule has 2 aromatic heterocycles. The van der Waals surface area contributed by atoms with Crippen molar-refractivity contribution in [3.63, 3.8) is 0 Å². The molecule has 11 nitrogen and oxygen atoms in total. The third-order valence-corrected chi connectivity index (χ3v) is 16.6. The number of ether oxygens (including phenoxy) is 2. The fourth-order valence-corrected chi connectivity index (χ4v) is 10.4. The lowest BCUT2D eigenvalue weighted by Crippen LogP contribution is -2.29. The first kappa shape index (κ1) is 51.4. The minimum atomic E-state index is 0.282. The number of hydrogen-bond donors (Lipinski definition) is 1. The van der Waals surface area contributed by atoms with Gasteiger partial charge in [-0.3, -0.25) is 0 Å². The number of aryl methyl sites for hydroxylation is 1. The molecule has 9 rings (SSSR count). The first-order valence-electron chi connectivity index (χ1n) is 25.1. The molecule has 374 valence electrons. The minimum Gasteiger partial charge on any atom is -0.492 e. The first-order valence-corrected chi connectivity index (χ1v) is 27.2. The van der Waals surface area contributed by atoms with Crippen molar-refractivity contribution in [2.24, 2.45) is 4.99 Å². The van der Waals surface area contributed by atoms with Crippen molar-refractivity contribution in [2.75, 3.05) is 56.7 Å². The first-order chi connectivity index (χ1) is 35.4. The fourth-order valence-electron chi connectivity index (χ4n) is 9.45. The maximum atomic E-state index is 6.70. The lowest BCUT2D eigenvalue weighted by Gasteiger charge is -2.22. The van der Waals surface area contributed by atoms with Crippen LogP contribution < -0.4 is 29.2 Å². The highest BCUT2D eigenvalue weighted by molar-refractivity contribution is 14.1. The molecule has 0 bridgehead atoms. The fraction of sp³-hybridized carbons (Fsp3) is 0.267. The lowest BCUT2D eigenvalue weighted by atomic mass is 9.93. The molecule has 4 heterocycles. The molecule has 6 aromatic rings. The molecule has 3 aliphatic rings. The Balaban J connectivity index is 0.868. The van der Waals surface area contributed by atoms with Crippen molar-refractivity contribution in [3.05, 3.63) is 179 Å². The number of aromatic amines is 1. The quantitative estimate of drug-likeness (QED) is 0.0519. The molecule has 0 spiro atoms. The summed E-state index contributed by atoms with van der Waals surface area (Å²) in [4.78, 5) is 13.4. The average Bonchev–Trinajstić information content (AvgIpc) is 4.06. The molecule has 0 fully saturated rings. The lowest BCUT2D eigenvalue weighted by molar-refractivity contribution is 0.289. The number of benzene rings is 5. The van der Waals surface area contributed by atoms with Gasteiger partial charge in [0.05, 0.1) is 35.9 Å². The van der Waals surface area contributed by atoms with Gasteiger partial charge in [0.15, 0.2) is 0 Å². The van der Waals surface area contributed by atoms with E-state index in [2.05, 4.69) is 234 Å². The highest BCUT2D eigenvalue weighted by Crippen LogP contribution is 2.43. The number of hydrogen-bond acceptors (Lipinski definition) is 8. The van der Waals surface area contributed by atoms with Crippen molar-refractivity contribution in [3.8, 4) is 33.9 Å². The summed E-state index contributed by atoms with van der Waals surface area (Å²) in [5, 5.41) is 11.0. The zero-order chi connectivity index (χ0) is 51.3. The van der Waals surface area contributed by atoms with Crippen LogP contribution in [-0.4, -0.2) is 72.6 Å². The molecule has 0 saturated heterocycles. The van der Waals surface area contributed by atoms with Gasteiger partial charge in [-0.25, -0.2) is 14.2 Å². The number of allylic oxidation sites excluding steroid dienone is 3. The number of aromatic nitrogens is 4. The van der Waals surface area contributed by atoms with Gasteiger partial charge in [-0.15, -0.1) is 5.10 Å². The second-order valence-corrected chi connectivity index (χ2v) is 20.5. The molecule has 0 radical (unpaired) electrons. The summed E-state index contributed by atoms with van der Waals surface area (Å²) >= 11 is 4.86. The second-order valence-electron chi connectivity index (χ2n) is 18.4. The van der Waals surface area contributed by atoms with E-state index < -0.39 is 0 Å². The largest absolute Gasteiger partial charge is 0.492 e. The normalized spacial score (nSPS) is 13.4. The molecule has 0 saturated carbocycles. The van der Waals surface area contributed by atoms with Crippen molar-refractivity contribution in [1.29, 1.82) is 0 Å². The number of nitrogens with one attached hydrogen (secondary N) is 1. The van der Waals surface area contributed by atoms with Crippen LogP contribution in [-0.2, 0) is 13.2 Å². The van der Waals surface area contributed by atoms with Gasteiger partial charge >= 0.3 is 0 Å². The summed E-state index contributed by atoms with van der Waals surface area (Å²) in [7, 11) is 4.11. The molecule has 13 heteroatoms. The van der Waals surface area contributed by atoms with Gasteiger partial charge in [-0.05, 0) is 182 Å². The number of nitrogens with zero attached hydrogens (tertiary/aromatic N) is 7. The predicted molar refractivity (Wildman–Crippen MR) is 317 cm³/mol. The van der Waals surface area contributed by atoms with E-state index in [1.54, 1.807) is 4.68 Å². The van der Waals surface area contributed by atoms with Gasteiger partial charge in [0, 0.05) is 85.6 Å². The van der Waals surface area contributed by atoms with E-state index >= 15 is 0 Å². The Labute approximate surface area is 456 Å². The van der Waals surface area contributed by atoms with Gasteiger partial charge in [0.2, 0.25) is 5.36 Å². The van der Waals surface area contributed by atoms with E-state index in [-0.39, 0.29) is 6.61 Å². The number of rotatable bonds is 18. The van der Waals surface area contributed by atoms with E-state index in [9.17, 15) is 0 Å². The summed E-state index contributed by atoms with van der Waals surface area (Å²) in [5.74, 6) is 2.39. The summed E-state index contributed by atoms with van der Waals surface area (Å²) in [6.45, 7) is 20.2. The van der Waals surface area contributed by atoms with E-state index in [4.69, 9.17) is 18.9 Å². The van der Waals surface area contributed by atoms with E-state index in [1.807, 2.05) is 30.5 Å². The molecule has 0 amide bonds. The molecule has 0 unspecified atom stereocenters. The average molecular weight is 1200 g/mol. The second kappa shape index (κ2) is 22.8. The SMILES string of the molecule is CCN(CC)c1ccc2c(-c3ccc(OCCn4cc(COc5ccc(/C(=C6N=C(/C=C/c7ccc(N(C)C)cc7)C(I)=C/6C)c6[nH]c(C)c(I)c6C)cc5)nn4)cc3)c3ccc(=[N+](CC)CC)cc-3oc2c1. The van der Waals surface area contributed by atoms with Crippen LogP contribution in [0.15, 0.2) is 146 Å². The Morgan fingerprint density at radius 3 is 2.16 bits per heavy atom. The minimum absolute atomic E-state index is 0.282. The van der Waals surface area contributed by atoms with Crippen molar-refractivity contribution in [1.82, 2.24) is 24.6 Å². The Morgan fingerprint density at radius 2 is 1.49 bits per heavy atom. The number of aliphatic imine (C=N–C) groups is 1. The van der Waals surface area contributed by atoms with Crippen LogP contribution in [0.5, 0.6) is 11.5 Å². The molecule has 0 atom stereocenters. The molecule has 1 aliphatic carbocycles. The topological polar surface area (TPSA) is 100.0 Å². The van der Waals surface area contributed by atoms with Gasteiger partial charge < -0.3 is 28.7 Å². The maximum absolute atomic E-state index is 6.70. The highest BCUT2D eigenvalue weighted by Gasteiger charge is 2.26. The van der Waals surface area contributed by atoms with Gasteiger partial charge in [0.1, 0.15) is 54.8 Å². The van der Waals surface area contributed by atoms with Crippen molar-refractivity contribution < 1.29 is 13.9 Å². The molecule has 73 heavy (non-hydrogen) atoms. The third kappa shape index (κ3) is 11.1. The van der Waals surface area contributed by atoms with Crippen LogP contribution in [0.4, 0.5) is 11.4 Å². The zero-order valence-corrected chi connectivity index (χ0v) is 47.5. The zero-order valence-electron chi connectivity index (χ0n) is 43.2. The number of H-pyrrole nitrogens is 1. The van der Waals surface area contributed by atoms with Crippen molar-refractivity contribution in [2.45, 2.75) is 61.6 Å². The highest BCUT2D eigenvalue weighted by atomic mass is 127. The van der Waals surface area contributed by atoms with E-state index in [1.165, 1.54) is 14.8 Å². The number of halogens is 2. The number of fused-ring (bicyclic) bond motifs is 2. The van der Waals surface area contributed by atoms with Crippen LogP contribution in [0.3, 0.4) is 0 Å². The molecule has 4 aromatic carbocycles. The molecular formula is C60H63I2N8O3+. The van der Waals surface area contributed by atoms with E-state index in [0.717, 1.165) is 136 Å². The van der Waals surface area contributed by atoms with Crippen LogP contribution in [0.1, 0.15) is 68.4 Å². The van der Waals surface area contributed by atoms with Gasteiger partial charge in [-0.1, -0.05) is 47.7 Å². The summed E-state index contributed by atoms with van der Waals surface area (Å²) in [6, 6.07) is 38.3. The maximum Gasteiger partial charge on any atom is 0.203 e. The Bertz CT molecular complexity index is 3440. The molecule has 2 aliphatic heterocycles. The van der Waals surface area contributed by atoms with Crippen LogP contribution >= 0.6 is 45.2 Å². The molecule has 1 N–H and O–H groups in total. The van der Waals surface area contributed by atoms with Gasteiger partial charge in [0.25, 0.3) is 0 Å². The third-order valence-electron chi connectivity index (χ3n) is 13.6. The number of anilines is 2. The summed E-state index contributed by atoms with van der Waals surface area (Å²) in [5.41, 5.74) is 16.9. The molecular weight excluding hydrogens is 1130 g/mol. The standard InChI is InChI=1S/C60H63I2N8O3/c1-10-68(11-2)46-23-29-50-53(34-46)73-54-35-47(69(12-3)13-4)24-30-51(54)55(50)42-17-25-48(26-18-42)71-33-32-70-36-44(65-66-70)37-72-49-27-19-43(20-28-49)56(59-38(5)57(61)40(7)63-59)60-39(6)58(62)52(64-60)31-16-41-14-21-45(22-15-41)67(8)9/h14-31,34-36,63H,10-13,32-33,37H2,1-9H3/q+1/b31-16+,60-56-. The van der Waals surface area contributed by atoms with Gasteiger partial charge in [-0.2, -0.15) is 0 Å². The monoisotopic (exact) mass is 1200 g/mol. The van der Waals surface area contributed by atoms with Crippen LogP contribution in [0.25, 0.3) is 45.1 Å². The van der Waals surface area contributed by atoms with E-state index in [0.29, 0.717) is 13.2 Å². The predicted octanol–water partition coefficient (Wildman–Crippen LogP) is 13.4. The Morgan fingerprint density at radius 1 is 0.795 bits per heavy atom. The van der Waals surface area contributed by atoms with Crippen LogP contribution in [0.2, 0.25) is 0 Å². The Hall–Kier alpha value is -6.46. The smallest absolute Gasteiger partial charge is 0.203 e. The van der Waals surface area contributed by atoms with Crippen molar-refractivity contribution >= 4 is 84.9 Å². The Kier molecular flexibility index (Phi) is 16.0.